The highest BCUT2D eigenvalue weighted by atomic mass is 14.7. The highest BCUT2D eigenvalue weighted by molar-refractivity contribution is 5.58. The van der Waals surface area contributed by atoms with Crippen LogP contribution in [0.5, 0.6) is 0 Å². The van der Waals surface area contributed by atoms with Crippen LogP contribution in [-0.4, -0.2) is 17.7 Å². The quantitative estimate of drug-likeness (QED) is 0.564. The highest BCUT2D eigenvalue weighted by Gasteiger charge is 1.85. The van der Waals surface area contributed by atoms with Crippen LogP contribution in [0.4, 0.5) is 0 Å². The maximum Gasteiger partial charge on any atom is 0.0388 e. The first-order chi connectivity index (χ1) is 5.00. The summed E-state index contributed by atoms with van der Waals surface area (Å²) in [6.45, 7) is 1.07. The minimum atomic E-state index is 1.07. The summed E-state index contributed by atoms with van der Waals surface area (Å²) >= 11 is 0. The van der Waals surface area contributed by atoms with Crippen molar-refractivity contribution in [1.82, 2.24) is 4.98 Å². The summed E-state index contributed by atoms with van der Waals surface area (Å²) in [4.78, 5) is 6.82. The van der Waals surface area contributed by atoms with Crippen molar-refractivity contribution in [3.05, 3.63) is 24.5 Å². The Morgan fingerprint density at radius 2 is 2.00 bits per heavy atom. The molecule has 2 nitrogen and oxygen atoms in total. The zero-order valence-corrected chi connectivity index (χ0v) is 5.96. The van der Waals surface area contributed by atoms with Crippen LogP contribution in [0.1, 0.15) is 12.8 Å². The third-order valence-electron chi connectivity index (χ3n) is 1.25. The summed E-state index contributed by atoms with van der Waals surface area (Å²) in [6.07, 6.45) is 8.22. The Hall–Kier alpha value is -1.05. The molecule has 1 aromatic rings. The second-order valence-electron chi connectivity index (χ2n) is 2.12. The molecule has 0 atom stereocenters. The Kier molecular flexibility index (Phi) is 3.39. The number of rotatable bonds is 0. The lowest BCUT2D eigenvalue weighted by Gasteiger charge is -1.67. The molecule has 0 amide bonds. The minimum absolute atomic E-state index is 1.07. The molecule has 0 spiro atoms. The molecule has 1 N–H and O–H groups in total. The fraction of sp³-hybridized carbons (Fsp3) is 0.375. The Morgan fingerprint density at radius 3 is 2.20 bits per heavy atom. The molecule has 54 valence electrons. The monoisotopic (exact) mass is 136 g/mol. The van der Waals surface area contributed by atoms with Crippen LogP contribution in [0.3, 0.4) is 0 Å². The fourth-order valence-corrected chi connectivity index (χ4v) is 0.734. The van der Waals surface area contributed by atoms with Crippen molar-refractivity contribution in [2.45, 2.75) is 12.8 Å². The van der Waals surface area contributed by atoms with Gasteiger partial charge in [0.15, 0.2) is 0 Å². The Balaban J connectivity index is 0.0000001000. The SMILES string of the molecule is C1=NCCC1.c1cc[nH]c1. The van der Waals surface area contributed by atoms with E-state index in [1.807, 2.05) is 30.7 Å². The van der Waals surface area contributed by atoms with Gasteiger partial charge in [0.1, 0.15) is 0 Å². The zero-order valence-electron chi connectivity index (χ0n) is 5.96. The van der Waals surface area contributed by atoms with Gasteiger partial charge in [-0.25, -0.2) is 0 Å². The molecule has 10 heavy (non-hydrogen) atoms. The molecule has 0 aromatic carbocycles. The Morgan fingerprint density at radius 1 is 1.20 bits per heavy atom. The van der Waals surface area contributed by atoms with E-state index in [0.29, 0.717) is 0 Å². The summed E-state index contributed by atoms with van der Waals surface area (Å²) < 4.78 is 0. The van der Waals surface area contributed by atoms with Crippen LogP contribution in [0, 0.1) is 0 Å². The molecule has 0 unspecified atom stereocenters. The Bertz CT molecular complexity index is 142. The lowest BCUT2D eigenvalue weighted by atomic mass is 10.4. The maximum absolute atomic E-state index is 3.96. The van der Waals surface area contributed by atoms with Gasteiger partial charge in [0.05, 0.1) is 0 Å². The lowest BCUT2D eigenvalue weighted by Crippen LogP contribution is -1.62. The van der Waals surface area contributed by atoms with Gasteiger partial charge in [0.2, 0.25) is 0 Å². The van der Waals surface area contributed by atoms with E-state index in [1.54, 1.807) is 0 Å². The van der Waals surface area contributed by atoms with E-state index < -0.39 is 0 Å². The number of H-pyrrole nitrogens is 1. The minimum Gasteiger partial charge on any atom is -0.368 e. The smallest absolute Gasteiger partial charge is 0.0388 e. The average Bonchev–Trinajstić information content (AvgIpc) is 2.67. The highest BCUT2D eigenvalue weighted by Crippen LogP contribution is 1.92. The molecule has 2 rings (SSSR count). The molecule has 0 radical (unpaired) electrons. The molecule has 0 bridgehead atoms. The number of hydrogen-bond donors (Lipinski definition) is 1. The van der Waals surface area contributed by atoms with Crippen LogP contribution in [0.2, 0.25) is 0 Å². The van der Waals surface area contributed by atoms with Crippen LogP contribution in [-0.2, 0) is 0 Å². The molecule has 0 aliphatic carbocycles. The van der Waals surface area contributed by atoms with E-state index in [4.69, 9.17) is 0 Å². The van der Waals surface area contributed by atoms with Crippen LogP contribution < -0.4 is 0 Å². The van der Waals surface area contributed by atoms with Crippen LogP contribution >= 0.6 is 0 Å². The molecule has 0 saturated carbocycles. The molecule has 2 heterocycles. The first-order valence-electron chi connectivity index (χ1n) is 3.56. The average molecular weight is 136 g/mol. The summed E-state index contributed by atoms with van der Waals surface area (Å²) in [7, 11) is 0. The number of aliphatic imine (C=N–C) groups is 1. The van der Waals surface area contributed by atoms with Crippen molar-refractivity contribution in [2.75, 3.05) is 6.54 Å². The maximum atomic E-state index is 3.96. The van der Waals surface area contributed by atoms with Gasteiger partial charge in [-0.05, 0) is 31.2 Å². The van der Waals surface area contributed by atoms with Gasteiger partial charge in [-0.1, -0.05) is 0 Å². The molecular formula is C8H12N2. The molecule has 2 heteroatoms. The summed E-state index contributed by atoms with van der Waals surface area (Å²) in [5, 5.41) is 0. The van der Waals surface area contributed by atoms with E-state index >= 15 is 0 Å². The van der Waals surface area contributed by atoms with Gasteiger partial charge < -0.3 is 4.98 Å². The predicted molar refractivity (Wildman–Crippen MR) is 43.4 cm³/mol. The number of nitrogens with one attached hydrogen (secondary N) is 1. The zero-order chi connectivity index (χ0) is 7.07. The predicted octanol–water partition coefficient (Wildman–Crippen LogP) is 1.87. The largest absolute Gasteiger partial charge is 0.368 e. The second-order valence-corrected chi connectivity index (χ2v) is 2.12. The van der Waals surface area contributed by atoms with Crippen LogP contribution in [0.25, 0.3) is 0 Å². The first kappa shape index (κ1) is 7.06. The summed E-state index contributed by atoms with van der Waals surface area (Å²) in [5.74, 6) is 0. The third kappa shape index (κ3) is 3.07. The van der Waals surface area contributed by atoms with Crippen molar-refractivity contribution < 1.29 is 0 Å². The van der Waals surface area contributed by atoms with E-state index in [0.717, 1.165) is 6.54 Å². The fourth-order valence-electron chi connectivity index (χ4n) is 0.734. The Labute approximate surface area is 61.0 Å². The molecule has 0 fully saturated rings. The molecule has 0 saturated heterocycles. The normalized spacial score (nSPS) is 14.4. The number of aromatic amines is 1. The number of aromatic nitrogens is 1. The van der Waals surface area contributed by atoms with Crippen molar-refractivity contribution >= 4 is 6.21 Å². The van der Waals surface area contributed by atoms with Crippen LogP contribution in [0.15, 0.2) is 29.5 Å². The standard InChI is InChI=1S/C4H7N.C4H5N/c2*1-2-4-5-3-1/h3H,1-2,4H2;1-5H. The van der Waals surface area contributed by atoms with E-state index in [2.05, 4.69) is 9.98 Å². The van der Waals surface area contributed by atoms with E-state index in [-0.39, 0.29) is 0 Å². The van der Waals surface area contributed by atoms with Gasteiger partial charge in [0, 0.05) is 18.9 Å². The lowest BCUT2D eigenvalue weighted by molar-refractivity contribution is 0.952. The van der Waals surface area contributed by atoms with Crippen molar-refractivity contribution in [3.8, 4) is 0 Å². The number of hydrogen-bond acceptors (Lipinski definition) is 1. The number of nitrogens with zero attached hydrogens (tertiary/aromatic N) is 1. The van der Waals surface area contributed by atoms with E-state index in [1.165, 1.54) is 12.8 Å². The third-order valence-corrected chi connectivity index (χ3v) is 1.25. The van der Waals surface area contributed by atoms with Gasteiger partial charge in [-0.15, -0.1) is 0 Å². The molecule has 1 aliphatic rings. The van der Waals surface area contributed by atoms with Crippen molar-refractivity contribution in [2.24, 2.45) is 4.99 Å². The van der Waals surface area contributed by atoms with Crippen molar-refractivity contribution in [3.63, 3.8) is 0 Å². The molecule has 1 aliphatic heterocycles. The summed E-state index contributed by atoms with van der Waals surface area (Å²) in [5.41, 5.74) is 0. The van der Waals surface area contributed by atoms with Gasteiger partial charge >= 0.3 is 0 Å². The van der Waals surface area contributed by atoms with Gasteiger partial charge in [0.25, 0.3) is 0 Å². The van der Waals surface area contributed by atoms with E-state index in [9.17, 15) is 0 Å². The summed E-state index contributed by atoms with van der Waals surface area (Å²) in [6, 6.07) is 3.89. The topological polar surface area (TPSA) is 28.1 Å². The van der Waals surface area contributed by atoms with Gasteiger partial charge in [-0.2, -0.15) is 0 Å². The molecular weight excluding hydrogens is 124 g/mol. The van der Waals surface area contributed by atoms with Gasteiger partial charge in [-0.3, -0.25) is 4.99 Å². The second kappa shape index (κ2) is 4.79. The molecule has 1 aromatic heterocycles. The first-order valence-corrected chi connectivity index (χ1v) is 3.56. The van der Waals surface area contributed by atoms with Crippen molar-refractivity contribution in [1.29, 1.82) is 0 Å².